The Morgan fingerprint density at radius 2 is 2.00 bits per heavy atom. The molecule has 0 saturated heterocycles. The Morgan fingerprint density at radius 1 is 1.30 bits per heavy atom. The average molecular weight is 366 g/mol. The summed E-state index contributed by atoms with van der Waals surface area (Å²) in [6.45, 7) is 12.0. The lowest BCUT2D eigenvalue weighted by molar-refractivity contribution is 0.0513. The second-order valence-electron chi connectivity index (χ2n) is 6.91. The predicted octanol–water partition coefficient (Wildman–Crippen LogP) is 4.06. The van der Waals surface area contributed by atoms with Crippen LogP contribution in [0, 0.1) is 13.8 Å². The lowest BCUT2D eigenvalue weighted by Crippen LogP contribution is -2.36. The first kappa shape index (κ1) is 19.0. The number of amides is 1. The minimum Gasteiger partial charge on any atom is -0.461 e. The van der Waals surface area contributed by atoms with Crippen molar-refractivity contribution in [2.45, 2.75) is 46.7 Å². The lowest BCUT2D eigenvalue weighted by atomic mass is 10.1. The van der Waals surface area contributed by atoms with Gasteiger partial charge in [-0.2, -0.15) is 0 Å². The maximum atomic E-state index is 13.5. The monoisotopic (exact) mass is 366 g/mol. The van der Waals surface area contributed by atoms with Crippen molar-refractivity contribution in [3.63, 3.8) is 0 Å². The number of para-hydroxylation sites is 1. The molecule has 5 nitrogen and oxygen atoms in total. The van der Waals surface area contributed by atoms with Gasteiger partial charge in [-0.05, 0) is 51.3 Å². The van der Waals surface area contributed by atoms with Crippen LogP contribution >= 0.6 is 0 Å². The van der Waals surface area contributed by atoms with E-state index in [1.165, 1.54) is 5.56 Å². The van der Waals surface area contributed by atoms with Gasteiger partial charge in [0, 0.05) is 24.0 Å². The van der Waals surface area contributed by atoms with Crippen molar-refractivity contribution in [2.24, 2.45) is 0 Å². The van der Waals surface area contributed by atoms with Gasteiger partial charge in [-0.1, -0.05) is 24.3 Å². The van der Waals surface area contributed by atoms with Crippen LogP contribution in [0.1, 0.15) is 51.5 Å². The van der Waals surface area contributed by atoms with Gasteiger partial charge in [0.05, 0.1) is 12.2 Å². The molecule has 0 N–H and O–H groups in total. The Kier molecular flexibility index (Phi) is 5.22. The number of allylic oxidation sites excluding steroid dienone is 1. The smallest absolute Gasteiger partial charge is 0.355 e. The molecule has 142 valence electrons. The minimum absolute atomic E-state index is 0.0718. The van der Waals surface area contributed by atoms with Crippen molar-refractivity contribution >= 4 is 17.6 Å². The molecule has 0 saturated carbocycles. The van der Waals surface area contributed by atoms with Crippen molar-refractivity contribution in [3.8, 4) is 0 Å². The summed E-state index contributed by atoms with van der Waals surface area (Å²) in [5, 5.41) is 0. The number of aromatic nitrogens is 1. The van der Waals surface area contributed by atoms with Gasteiger partial charge in [-0.3, -0.25) is 4.79 Å². The molecule has 2 heterocycles. The van der Waals surface area contributed by atoms with E-state index in [2.05, 4.69) is 19.6 Å². The summed E-state index contributed by atoms with van der Waals surface area (Å²) < 4.78 is 7.05. The molecule has 5 heteroatoms. The Hall–Kier alpha value is -2.82. The van der Waals surface area contributed by atoms with Gasteiger partial charge in [-0.15, -0.1) is 6.58 Å². The molecule has 0 spiro atoms. The minimum atomic E-state index is -0.408. The topological polar surface area (TPSA) is 51.5 Å². The van der Waals surface area contributed by atoms with E-state index in [4.69, 9.17) is 4.74 Å². The summed E-state index contributed by atoms with van der Waals surface area (Å²) in [6, 6.07) is 8.06. The first-order chi connectivity index (χ1) is 12.9. The fourth-order valence-corrected chi connectivity index (χ4v) is 4.03. The Morgan fingerprint density at radius 3 is 2.67 bits per heavy atom. The quantitative estimate of drug-likeness (QED) is 0.592. The van der Waals surface area contributed by atoms with E-state index < -0.39 is 5.97 Å². The Balaban J connectivity index is 2.12. The zero-order chi connectivity index (χ0) is 19.7. The van der Waals surface area contributed by atoms with Crippen LogP contribution in [0.2, 0.25) is 0 Å². The van der Waals surface area contributed by atoms with Crippen LogP contribution in [0.15, 0.2) is 36.9 Å². The van der Waals surface area contributed by atoms with Crippen LogP contribution in [0.4, 0.5) is 5.69 Å². The summed E-state index contributed by atoms with van der Waals surface area (Å²) in [6.07, 6.45) is 2.55. The van der Waals surface area contributed by atoms with Crippen molar-refractivity contribution in [1.82, 2.24) is 4.57 Å². The molecule has 0 aliphatic carbocycles. The number of hydrogen-bond acceptors (Lipinski definition) is 3. The number of rotatable bonds is 5. The van der Waals surface area contributed by atoms with Crippen LogP contribution in [0.3, 0.4) is 0 Å². The molecule has 1 aliphatic rings. The first-order valence-corrected chi connectivity index (χ1v) is 9.31. The van der Waals surface area contributed by atoms with Gasteiger partial charge in [0.2, 0.25) is 0 Å². The molecule has 3 rings (SSSR count). The number of benzene rings is 1. The van der Waals surface area contributed by atoms with Crippen LogP contribution in [0.25, 0.3) is 0 Å². The number of nitrogens with zero attached hydrogens (tertiary/aromatic N) is 2. The number of hydrogen-bond donors (Lipinski definition) is 0. The second kappa shape index (κ2) is 7.43. The van der Waals surface area contributed by atoms with E-state index in [1.54, 1.807) is 13.0 Å². The Labute approximate surface area is 160 Å². The predicted molar refractivity (Wildman–Crippen MR) is 106 cm³/mol. The molecular weight excluding hydrogens is 340 g/mol. The van der Waals surface area contributed by atoms with E-state index in [0.717, 1.165) is 17.8 Å². The summed E-state index contributed by atoms with van der Waals surface area (Å²) in [4.78, 5) is 27.9. The Bertz CT molecular complexity index is 911. The highest BCUT2D eigenvalue weighted by Gasteiger charge is 2.35. The molecule has 1 unspecified atom stereocenters. The highest BCUT2D eigenvalue weighted by Crippen LogP contribution is 2.35. The highest BCUT2D eigenvalue weighted by molar-refractivity contribution is 6.11. The standard InChI is InChI=1S/C22H26N2O3/c1-6-12-23-16(5)19(15(4)20(23)22(26)27-7-2)21(25)24-14(3)13-17-10-8-9-11-18(17)24/h6,8-11,14H,1,7,12-13H2,2-5H3. The number of anilines is 1. The molecule has 0 radical (unpaired) electrons. The van der Waals surface area contributed by atoms with Crippen LogP contribution in [0.5, 0.6) is 0 Å². The van der Waals surface area contributed by atoms with E-state index in [1.807, 2.05) is 41.5 Å². The fraction of sp³-hybridized carbons (Fsp3) is 0.364. The van der Waals surface area contributed by atoms with Gasteiger partial charge >= 0.3 is 5.97 Å². The van der Waals surface area contributed by atoms with Crippen molar-refractivity contribution in [2.75, 3.05) is 11.5 Å². The molecule has 1 atom stereocenters. The molecule has 1 aromatic carbocycles. The molecule has 2 aromatic rings. The van der Waals surface area contributed by atoms with Crippen LogP contribution < -0.4 is 4.90 Å². The number of esters is 1. The molecule has 27 heavy (non-hydrogen) atoms. The molecule has 1 aliphatic heterocycles. The normalized spacial score (nSPS) is 15.6. The number of carbonyl (C=O) groups is 2. The van der Waals surface area contributed by atoms with Gasteiger partial charge < -0.3 is 14.2 Å². The largest absolute Gasteiger partial charge is 0.461 e. The van der Waals surface area contributed by atoms with Gasteiger partial charge in [0.15, 0.2) is 0 Å². The third kappa shape index (κ3) is 3.07. The fourth-order valence-electron chi connectivity index (χ4n) is 4.03. The highest BCUT2D eigenvalue weighted by atomic mass is 16.5. The molecule has 1 aromatic heterocycles. The number of carbonyl (C=O) groups excluding carboxylic acids is 2. The zero-order valence-corrected chi connectivity index (χ0v) is 16.4. The summed E-state index contributed by atoms with van der Waals surface area (Å²) in [5.74, 6) is -0.482. The maximum absolute atomic E-state index is 13.5. The van der Waals surface area contributed by atoms with Crippen LogP contribution in [-0.4, -0.2) is 29.1 Å². The molecule has 0 fully saturated rings. The van der Waals surface area contributed by atoms with Gasteiger partial charge in [-0.25, -0.2) is 4.79 Å². The summed E-state index contributed by atoms with van der Waals surface area (Å²) >= 11 is 0. The van der Waals surface area contributed by atoms with E-state index in [-0.39, 0.29) is 18.6 Å². The maximum Gasteiger partial charge on any atom is 0.355 e. The average Bonchev–Trinajstić information content (AvgIpc) is 3.08. The van der Waals surface area contributed by atoms with E-state index in [9.17, 15) is 9.59 Å². The molecule has 1 amide bonds. The summed E-state index contributed by atoms with van der Waals surface area (Å²) in [5.41, 5.74) is 4.54. The van der Waals surface area contributed by atoms with Crippen molar-refractivity contribution in [1.29, 1.82) is 0 Å². The third-order valence-corrected chi connectivity index (χ3v) is 5.19. The van der Waals surface area contributed by atoms with Crippen LogP contribution in [-0.2, 0) is 17.7 Å². The van der Waals surface area contributed by atoms with Gasteiger partial charge in [0.1, 0.15) is 5.69 Å². The van der Waals surface area contributed by atoms with Gasteiger partial charge in [0.25, 0.3) is 5.91 Å². The molecule has 0 bridgehead atoms. The second-order valence-corrected chi connectivity index (χ2v) is 6.91. The summed E-state index contributed by atoms with van der Waals surface area (Å²) in [7, 11) is 0. The number of ether oxygens (including phenoxy) is 1. The zero-order valence-electron chi connectivity index (χ0n) is 16.4. The number of fused-ring (bicyclic) bond motifs is 1. The van der Waals surface area contributed by atoms with Crippen molar-refractivity contribution < 1.29 is 14.3 Å². The van der Waals surface area contributed by atoms with Crippen molar-refractivity contribution in [3.05, 3.63) is 65.0 Å². The lowest BCUT2D eigenvalue weighted by Gasteiger charge is -2.23. The SMILES string of the molecule is C=CCn1c(C)c(C(=O)N2c3ccccc3CC2C)c(C)c1C(=O)OCC. The van der Waals surface area contributed by atoms with E-state index >= 15 is 0 Å². The molecular formula is C22H26N2O3. The third-order valence-electron chi connectivity index (χ3n) is 5.19. The van der Waals surface area contributed by atoms with E-state index in [0.29, 0.717) is 23.4 Å². The first-order valence-electron chi connectivity index (χ1n) is 9.31.